The smallest absolute Gasteiger partial charge is 0.175 e. The lowest BCUT2D eigenvalue weighted by Gasteiger charge is -2.08. The molecule has 0 radical (unpaired) electrons. The second-order valence-corrected chi connectivity index (χ2v) is 6.44. The molecule has 0 unspecified atom stereocenters. The van der Waals surface area contributed by atoms with Crippen LogP contribution in [0.1, 0.15) is 5.56 Å². The Morgan fingerprint density at radius 3 is 2.35 bits per heavy atom. The fourth-order valence-corrected chi connectivity index (χ4v) is 2.34. The van der Waals surface area contributed by atoms with E-state index >= 15 is 0 Å². The summed E-state index contributed by atoms with van der Waals surface area (Å²) < 4.78 is 41.2. The number of sulfone groups is 1. The van der Waals surface area contributed by atoms with Crippen LogP contribution in [-0.2, 0) is 16.4 Å². The predicted molar refractivity (Wildman–Crippen MR) is 74.7 cm³/mol. The van der Waals surface area contributed by atoms with Gasteiger partial charge in [-0.3, -0.25) is 0 Å². The van der Waals surface area contributed by atoms with E-state index in [1.54, 1.807) is 18.2 Å². The van der Waals surface area contributed by atoms with Crippen molar-refractivity contribution < 1.29 is 17.5 Å². The van der Waals surface area contributed by atoms with E-state index in [2.05, 4.69) is 0 Å². The molecule has 0 atom stereocenters. The average Bonchev–Trinajstić information content (AvgIpc) is 2.35. The molecule has 0 fully saturated rings. The summed E-state index contributed by atoms with van der Waals surface area (Å²) in [6.45, 7) is 0.153. The molecule has 0 amide bonds. The third kappa shape index (κ3) is 3.71. The third-order valence-electron chi connectivity index (χ3n) is 2.64. The Morgan fingerprint density at radius 1 is 1.15 bits per heavy atom. The average molecular weight is 295 g/mol. The molecule has 0 saturated carbocycles. The van der Waals surface area contributed by atoms with Gasteiger partial charge in [0.25, 0.3) is 0 Å². The fraction of sp³-hybridized carbons (Fsp3) is 0.143. The molecule has 2 aromatic carbocycles. The van der Waals surface area contributed by atoms with E-state index in [1.807, 2.05) is 0 Å². The van der Waals surface area contributed by atoms with Crippen molar-refractivity contribution in [2.24, 2.45) is 0 Å². The van der Waals surface area contributed by atoms with Gasteiger partial charge in [-0.05, 0) is 48.0 Å². The molecule has 20 heavy (non-hydrogen) atoms. The number of rotatable bonds is 4. The van der Waals surface area contributed by atoms with Gasteiger partial charge in [-0.2, -0.15) is 0 Å². The first-order valence-electron chi connectivity index (χ1n) is 5.82. The van der Waals surface area contributed by atoms with E-state index in [0.717, 1.165) is 6.26 Å². The molecule has 106 valence electrons. The van der Waals surface area contributed by atoms with Gasteiger partial charge in [0.05, 0.1) is 4.90 Å². The van der Waals surface area contributed by atoms with Crippen LogP contribution in [0.2, 0.25) is 0 Å². The quantitative estimate of drug-likeness (QED) is 0.879. The van der Waals surface area contributed by atoms with E-state index in [1.165, 1.54) is 24.3 Å². The normalized spacial score (nSPS) is 11.3. The third-order valence-corrected chi connectivity index (χ3v) is 3.77. The lowest BCUT2D eigenvalue weighted by atomic mass is 10.2. The van der Waals surface area contributed by atoms with Gasteiger partial charge in [-0.25, -0.2) is 12.8 Å². The molecule has 0 aliphatic heterocycles. The molecule has 0 aliphatic rings. The molecular formula is C14H14FNO3S. The topological polar surface area (TPSA) is 69.4 Å². The lowest BCUT2D eigenvalue weighted by Crippen LogP contribution is -1.99. The van der Waals surface area contributed by atoms with Crippen LogP contribution in [0.25, 0.3) is 0 Å². The Kier molecular flexibility index (Phi) is 3.94. The number of hydrogen-bond acceptors (Lipinski definition) is 4. The largest absolute Gasteiger partial charge is 0.489 e. The van der Waals surface area contributed by atoms with Crippen LogP contribution >= 0.6 is 0 Å². The molecular weight excluding hydrogens is 281 g/mol. The highest BCUT2D eigenvalue weighted by Crippen LogP contribution is 2.18. The summed E-state index contributed by atoms with van der Waals surface area (Å²) in [5, 5.41) is 0. The Bertz CT molecular complexity index is 691. The first-order valence-corrected chi connectivity index (χ1v) is 7.71. The minimum absolute atomic E-state index is 0.153. The molecule has 0 aliphatic carbocycles. The minimum atomic E-state index is -3.22. The molecule has 0 bridgehead atoms. The molecule has 0 heterocycles. The van der Waals surface area contributed by atoms with Crippen LogP contribution in [0.5, 0.6) is 5.75 Å². The second kappa shape index (κ2) is 5.50. The Balaban J connectivity index is 2.07. The maximum absolute atomic E-state index is 13.1. The molecule has 0 saturated heterocycles. The van der Waals surface area contributed by atoms with E-state index in [0.29, 0.717) is 17.0 Å². The Labute approximate surface area is 116 Å². The number of halogens is 1. The van der Waals surface area contributed by atoms with Gasteiger partial charge in [0.15, 0.2) is 9.84 Å². The highest BCUT2D eigenvalue weighted by molar-refractivity contribution is 7.90. The van der Waals surface area contributed by atoms with Crippen LogP contribution in [0.3, 0.4) is 0 Å². The zero-order valence-corrected chi connectivity index (χ0v) is 11.7. The van der Waals surface area contributed by atoms with Crippen LogP contribution < -0.4 is 10.5 Å². The number of ether oxygens (including phenoxy) is 1. The van der Waals surface area contributed by atoms with Crippen molar-refractivity contribution in [3.63, 3.8) is 0 Å². The van der Waals surface area contributed by atoms with Gasteiger partial charge in [0.1, 0.15) is 18.2 Å². The van der Waals surface area contributed by atoms with Gasteiger partial charge in [-0.15, -0.1) is 0 Å². The first kappa shape index (κ1) is 14.3. The molecule has 2 rings (SSSR count). The maximum Gasteiger partial charge on any atom is 0.175 e. The number of anilines is 1. The molecule has 2 aromatic rings. The summed E-state index contributed by atoms with van der Waals surface area (Å²) in [5.41, 5.74) is 6.47. The van der Waals surface area contributed by atoms with Crippen molar-refractivity contribution >= 4 is 15.5 Å². The highest BCUT2D eigenvalue weighted by atomic mass is 32.2. The summed E-state index contributed by atoms with van der Waals surface area (Å²) >= 11 is 0. The van der Waals surface area contributed by atoms with Crippen LogP contribution in [0, 0.1) is 5.82 Å². The molecule has 6 heteroatoms. The van der Waals surface area contributed by atoms with E-state index in [9.17, 15) is 12.8 Å². The van der Waals surface area contributed by atoms with Crippen LogP contribution in [-0.4, -0.2) is 14.7 Å². The maximum atomic E-state index is 13.1. The molecule has 0 aromatic heterocycles. The first-order chi connectivity index (χ1) is 9.34. The standard InChI is InChI=1S/C14H14FNO3S/c1-20(17,18)14-4-2-13(3-5-14)19-9-10-6-11(15)8-12(16)7-10/h2-8H,9,16H2,1H3. The number of nitrogens with two attached hydrogens (primary N) is 1. The fourth-order valence-electron chi connectivity index (χ4n) is 1.71. The van der Waals surface area contributed by atoms with Gasteiger partial charge in [0, 0.05) is 11.9 Å². The summed E-state index contributed by atoms with van der Waals surface area (Å²) in [6, 6.07) is 10.2. The Hall–Kier alpha value is -2.08. The van der Waals surface area contributed by atoms with E-state index in [4.69, 9.17) is 10.5 Å². The van der Waals surface area contributed by atoms with Crippen LogP contribution in [0.15, 0.2) is 47.4 Å². The minimum Gasteiger partial charge on any atom is -0.489 e. The van der Waals surface area contributed by atoms with E-state index in [-0.39, 0.29) is 11.5 Å². The summed E-state index contributed by atoms with van der Waals surface area (Å²) in [6.07, 6.45) is 1.14. The van der Waals surface area contributed by atoms with E-state index < -0.39 is 15.7 Å². The van der Waals surface area contributed by atoms with Crippen molar-refractivity contribution in [1.29, 1.82) is 0 Å². The Morgan fingerprint density at radius 2 is 1.80 bits per heavy atom. The zero-order chi connectivity index (χ0) is 14.8. The number of hydrogen-bond donors (Lipinski definition) is 1. The summed E-state index contributed by atoms with van der Waals surface area (Å²) in [4.78, 5) is 0.222. The summed E-state index contributed by atoms with van der Waals surface area (Å²) in [7, 11) is -3.22. The van der Waals surface area contributed by atoms with Crippen molar-refractivity contribution in [2.75, 3.05) is 12.0 Å². The van der Waals surface area contributed by atoms with Gasteiger partial charge >= 0.3 is 0 Å². The van der Waals surface area contributed by atoms with Crippen molar-refractivity contribution in [3.05, 3.63) is 53.8 Å². The van der Waals surface area contributed by atoms with Crippen molar-refractivity contribution in [2.45, 2.75) is 11.5 Å². The van der Waals surface area contributed by atoms with Gasteiger partial charge in [0.2, 0.25) is 0 Å². The monoisotopic (exact) mass is 295 g/mol. The van der Waals surface area contributed by atoms with Crippen LogP contribution in [0.4, 0.5) is 10.1 Å². The lowest BCUT2D eigenvalue weighted by molar-refractivity contribution is 0.305. The molecule has 2 N–H and O–H groups in total. The molecule has 0 spiro atoms. The number of benzene rings is 2. The summed E-state index contributed by atoms with van der Waals surface area (Å²) in [5.74, 6) is 0.0799. The van der Waals surface area contributed by atoms with Crippen molar-refractivity contribution in [3.8, 4) is 5.75 Å². The van der Waals surface area contributed by atoms with Gasteiger partial charge in [-0.1, -0.05) is 0 Å². The predicted octanol–water partition coefficient (Wildman–Crippen LogP) is 2.39. The SMILES string of the molecule is CS(=O)(=O)c1ccc(OCc2cc(N)cc(F)c2)cc1. The number of nitrogen functional groups attached to an aromatic ring is 1. The zero-order valence-electron chi connectivity index (χ0n) is 10.8. The highest BCUT2D eigenvalue weighted by Gasteiger charge is 2.06. The molecule has 4 nitrogen and oxygen atoms in total. The van der Waals surface area contributed by atoms with Crippen molar-refractivity contribution in [1.82, 2.24) is 0 Å². The van der Waals surface area contributed by atoms with Gasteiger partial charge < -0.3 is 10.5 Å². The second-order valence-electron chi connectivity index (χ2n) is 4.43.